The van der Waals surface area contributed by atoms with E-state index in [-0.39, 0.29) is 11.9 Å². The molecule has 1 aromatic rings. The summed E-state index contributed by atoms with van der Waals surface area (Å²) in [4.78, 5) is 14.7. The summed E-state index contributed by atoms with van der Waals surface area (Å²) in [6, 6.07) is 10.1. The molecule has 2 atom stereocenters. The van der Waals surface area contributed by atoms with Gasteiger partial charge in [-0.3, -0.25) is 9.69 Å². The third-order valence-electron chi connectivity index (χ3n) is 4.64. The Morgan fingerprint density at radius 1 is 1.42 bits per heavy atom. The Balaban J connectivity index is 2.22. The van der Waals surface area contributed by atoms with Crippen molar-refractivity contribution in [1.29, 1.82) is 0 Å². The van der Waals surface area contributed by atoms with Gasteiger partial charge in [-0.25, -0.2) is 0 Å². The van der Waals surface area contributed by atoms with E-state index in [1.165, 1.54) is 0 Å². The van der Waals surface area contributed by atoms with E-state index in [2.05, 4.69) is 32.9 Å². The van der Waals surface area contributed by atoms with Gasteiger partial charge in [0.1, 0.15) is 6.61 Å². The molecule has 0 saturated carbocycles. The topological polar surface area (TPSA) is 29.5 Å². The smallest absolute Gasteiger partial charge is 0.266 e. The van der Waals surface area contributed by atoms with Crippen LogP contribution in [-0.2, 0) is 14.3 Å². The van der Waals surface area contributed by atoms with E-state index in [4.69, 9.17) is 29.6 Å². The van der Waals surface area contributed by atoms with Gasteiger partial charge < -0.3 is 4.74 Å². The number of amides is 1. The predicted molar refractivity (Wildman–Crippen MR) is 105 cm³/mol. The average molecular weight is 366 g/mol. The third-order valence-corrected chi connectivity index (χ3v) is 5.60. The Morgan fingerprint density at radius 3 is 2.67 bits per heavy atom. The first kappa shape index (κ1) is 19.3. The monoisotopic (exact) mass is 365 g/mol. The van der Waals surface area contributed by atoms with E-state index >= 15 is 0 Å². The normalized spacial score (nSPS) is 20.1. The number of thiol groups is 1. The highest BCUT2D eigenvalue weighted by molar-refractivity contribution is 7.81. The number of carbonyl (C=O) groups excluding carboxylic acids is 1. The van der Waals surface area contributed by atoms with Gasteiger partial charge in [0, 0.05) is 11.2 Å². The Bertz CT molecular complexity index is 576. The molecule has 1 fully saturated rings. The largest absolute Gasteiger partial charge is 0.468 e. The lowest BCUT2D eigenvalue weighted by Gasteiger charge is -2.32. The van der Waals surface area contributed by atoms with Crippen molar-refractivity contribution in [1.82, 2.24) is 4.90 Å². The highest BCUT2D eigenvalue weighted by Crippen LogP contribution is 2.39. The van der Waals surface area contributed by atoms with E-state index in [1.54, 1.807) is 4.90 Å². The summed E-state index contributed by atoms with van der Waals surface area (Å²) in [6.45, 7) is 6.82. The molecule has 1 saturated heterocycles. The van der Waals surface area contributed by atoms with Crippen LogP contribution >= 0.6 is 24.8 Å². The number of nitrogens with zero attached hydrogens (tertiary/aromatic N) is 1. The molecule has 1 heterocycles. The van der Waals surface area contributed by atoms with Gasteiger partial charge in [0.25, 0.3) is 5.17 Å². The van der Waals surface area contributed by atoms with Crippen LogP contribution in [0.25, 0.3) is 0 Å². The van der Waals surface area contributed by atoms with Gasteiger partial charge in [-0.2, -0.15) is 12.6 Å². The molecular weight excluding hydrogens is 338 g/mol. The first-order valence-corrected chi connectivity index (χ1v) is 9.51. The molecule has 1 amide bonds. The zero-order valence-corrected chi connectivity index (χ0v) is 16.4. The Hall–Kier alpha value is -1.07. The van der Waals surface area contributed by atoms with Crippen molar-refractivity contribution < 1.29 is 9.53 Å². The van der Waals surface area contributed by atoms with E-state index in [9.17, 15) is 4.79 Å². The van der Waals surface area contributed by atoms with Crippen molar-refractivity contribution in [2.75, 3.05) is 6.61 Å². The zero-order valence-electron chi connectivity index (χ0n) is 14.7. The van der Waals surface area contributed by atoms with E-state index in [0.717, 1.165) is 24.8 Å². The molecule has 3 nitrogen and oxygen atoms in total. The van der Waals surface area contributed by atoms with Gasteiger partial charge in [0.2, 0.25) is 5.91 Å². The summed E-state index contributed by atoms with van der Waals surface area (Å²) in [5.74, 6) is 0.308. The van der Waals surface area contributed by atoms with E-state index < -0.39 is 4.75 Å². The van der Waals surface area contributed by atoms with Crippen LogP contribution in [0.5, 0.6) is 0 Å². The van der Waals surface area contributed by atoms with Crippen LogP contribution in [0.4, 0.5) is 0 Å². The fourth-order valence-electron chi connectivity index (χ4n) is 3.10. The van der Waals surface area contributed by atoms with Crippen LogP contribution in [0.1, 0.15) is 52.0 Å². The predicted octanol–water partition coefficient (Wildman–Crippen LogP) is 4.56. The molecule has 24 heavy (non-hydrogen) atoms. The van der Waals surface area contributed by atoms with Crippen LogP contribution in [0.15, 0.2) is 30.3 Å². The Labute approximate surface area is 156 Å². The second kappa shape index (κ2) is 8.34. The third kappa shape index (κ3) is 4.31. The molecule has 0 aromatic heterocycles. The summed E-state index contributed by atoms with van der Waals surface area (Å²) in [5, 5.41) is 0.304. The maximum atomic E-state index is 13.0. The Kier molecular flexibility index (Phi) is 6.70. The highest BCUT2D eigenvalue weighted by Gasteiger charge is 2.40. The van der Waals surface area contributed by atoms with Crippen molar-refractivity contribution >= 4 is 35.9 Å². The molecule has 1 aliphatic rings. The maximum Gasteiger partial charge on any atom is 0.266 e. The molecule has 1 aliphatic heterocycles. The molecule has 0 aliphatic carbocycles. The SMILES string of the molecule is CCCC[C@](S)(CC(=O)N1C(=S)OC[C@@H]1C(C)C)c1ccccc1. The van der Waals surface area contributed by atoms with Crippen LogP contribution in [0.2, 0.25) is 0 Å². The summed E-state index contributed by atoms with van der Waals surface area (Å²) >= 11 is 10.2. The van der Waals surface area contributed by atoms with Crippen LogP contribution in [-0.4, -0.2) is 28.6 Å². The van der Waals surface area contributed by atoms with Crippen LogP contribution in [0.3, 0.4) is 0 Å². The lowest BCUT2D eigenvalue weighted by atomic mass is 9.88. The second-order valence-corrected chi connectivity index (χ2v) is 8.04. The van der Waals surface area contributed by atoms with E-state index in [1.807, 2.05) is 18.2 Å². The van der Waals surface area contributed by atoms with Crippen LogP contribution < -0.4 is 0 Å². The fraction of sp³-hybridized carbons (Fsp3) is 0.579. The van der Waals surface area contributed by atoms with E-state index in [0.29, 0.717) is 24.1 Å². The van der Waals surface area contributed by atoms with Gasteiger partial charge in [0.05, 0.1) is 6.04 Å². The molecule has 1 aromatic carbocycles. The molecule has 0 radical (unpaired) electrons. The highest BCUT2D eigenvalue weighted by atomic mass is 32.1. The van der Waals surface area contributed by atoms with Crippen molar-refractivity contribution in [2.45, 2.75) is 57.2 Å². The Morgan fingerprint density at radius 2 is 2.08 bits per heavy atom. The summed E-state index contributed by atoms with van der Waals surface area (Å²) in [5.41, 5.74) is 1.09. The molecule has 5 heteroatoms. The standard InChI is InChI=1S/C19H27NO2S2/c1-4-5-11-19(24,15-9-7-6-8-10-15)12-17(21)20-16(14(2)3)13-22-18(20)23/h6-10,14,16,24H,4-5,11-13H2,1-3H3/t16-,19+/m1/s1. The fourth-order valence-corrected chi connectivity index (χ4v) is 3.85. The molecule has 132 valence electrons. The minimum atomic E-state index is -0.478. The first-order chi connectivity index (χ1) is 11.4. The van der Waals surface area contributed by atoms with Crippen LogP contribution in [0, 0.1) is 5.92 Å². The number of thiocarbonyl (C=S) groups is 1. The number of unbranched alkanes of at least 4 members (excludes halogenated alkanes) is 1. The summed E-state index contributed by atoms with van der Waals surface area (Å²) in [6.07, 6.45) is 3.28. The maximum absolute atomic E-state index is 13.0. The lowest BCUT2D eigenvalue weighted by molar-refractivity contribution is -0.129. The summed E-state index contributed by atoms with van der Waals surface area (Å²) in [7, 11) is 0. The second-order valence-electron chi connectivity index (χ2n) is 6.83. The number of carbonyl (C=O) groups is 1. The lowest BCUT2D eigenvalue weighted by Crippen LogP contribution is -2.43. The number of benzene rings is 1. The number of hydrogen-bond donors (Lipinski definition) is 1. The molecule has 0 unspecified atom stereocenters. The van der Waals surface area contributed by atoms with Gasteiger partial charge in [-0.05, 0) is 30.1 Å². The van der Waals surface area contributed by atoms with Gasteiger partial charge in [-0.15, -0.1) is 0 Å². The van der Waals surface area contributed by atoms with Crippen molar-refractivity contribution in [3.8, 4) is 0 Å². The molecule has 0 bridgehead atoms. The van der Waals surface area contributed by atoms with Crippen molar-refractivity contribution in [3.05, 3.63) is 35.9 Å². The van der Waals surface area contributed by atoms with Gasteiger partial charge in [-0.1, -0.05) is 63.9 Å². The minimum Gasteiger partial charge on any atom is -0.468 e. The number of rotatable bonds is 7. The summed E-state index contributed by atoms with van der Waals surface area (Å²) < 4.78 is 5.00. The first-order valence-electron chi connectivity index (χ1n) is 8.65. The van der Waals surface area contributed by atoms with Crippen molar-refractivity contribution in [2.24, 2.45) is 5.92 Å². The zero-order chi connectivity index (χ0) is 17.7. The number of ether oxygens (including phenoxy) is 1. The molecule has 0 spiro atoms. The number of hydrogen-bond acceptors (Lipinski definition) is 4. The molecule has 0 N–H and O–H groups in total. The van der Waals surface area contributed by atoms with Gasteiger partial charge in [0.15, 0.2) is 0 Å². The quantitative estimate of drug-likeness (QED) is 0.567. The molecular formula is C19H27NO2S2. The molecule has 2 rings (SSSR count). The average Bonchev–Trinajstić information content (AvgIpc) is 2.96. The van der Waals surface area contributed by atoms with Gasteiger partial charge >= 0.3 is 0 Å². The minimum absolute atomic E-state index is 0.00570. The van der Waals surface area contributed by atoms with Crippen molar-refractivity contribution in [3.63, 3.8) is 0 Å².